The van der Waals surface area contributed by atoms with Crippen molar-refractivity contribution < 1.29 is 70.7 Å². The molecule has 0 unspecified atom stereocenters. The van der Waals surface area contributed by atoms with E-state index in [-0.39, 0.29) is 70.7 Å². The first-order valence-corrected chi connectivity index (χ1v) is 2.18. The molecule has 1 aromatic rings. The smallest absolute Gasteiger partial charge is 0 e. The largest absolute Gasteiger partial charge is 0.374 e. The van der Waals surface area contributed by atoms with Gasteiger partial charge in [0.15, 0.2) is 0 Å². The molecule has 3 heteroatoms. The van der Waals surface area contributed by atoms with Gasteiger partial charge in [-0.1, -0.05) is 0 Å². The van der Waals surface area contributed by atoms with E-state index >= 15 is 0 Å². The second-order valence-electron chi connectivity index (χ2n) is 1.39. The molecule has 0 fully saturated rings. The van der Waals surface area contributed by atoms with Gasteiger partial charge in [0.05, 0.1) is 0 Å². The molecule has 0 N–H and O–H groups in total. The molecule has 0 heterocycles. The fourth-order valence-electron chi connectivity index (χ4n) is 0.431. The van der Waals surface area contributed by atoms with Gasteiger partial charge in [-0.25, -0.2) is 0 Å². The van der Waals surface area contributed by atoms with E-state index in [1.807, 2.05) is 24.3 Å². The molecule has 0 saturated heterocycles. The SMILES string of the molecule is [CH2-]c1[c-]cccc1.[U].[V].[W]. The van der Waals surface area contributed by atoms with Gasteiger partial charge in [0.25, 0.3) is 0 Å². The fourth-order valence-corrected chi connectivity index (χ4v) is 0.431. The van der Waals surface area contributed by atoms with Crippen LogP contribution in [-0.4, -0.2) is 0 Å². The Kier molecular flexibility index (Phi) is 18.2. The first-order valence-electron chi connectivity index (χ1n) is 2.18. The van der Waals surface area contributed by atoms with Gasteiger partial charge in [0.1, 0.15) is 0 Å². The monoisotopic (exact) mass is 563 g/mol. The Labute approximate surface area is 112 Å². The molecule has 1 aromatic carbocycles. The molecule has 0 nitrogen and oxygen atoms in total. The van der Waals surface area contributed by atoms with Crippen LogP contribution < -0.4 is 0 Å². The first-order chi connectivity index (χ1) is 3.39. The van der Waals surface area contributed by atoms with E-state index in [4.69, 9.17) is 0 Å². The van der Waals surface area contributed by atoms with Gasteiger partial charge in [0.2, 0.25) is 0 Å². The molecule has 0 aliphatic rings. The van der Waals surface area contributed by atoms with Gasteiger partial charge in [-0.2, -0.15) is 12.1 Å². The average molecular weight is 563 g/mol. The van der Waals surface area contributed by atoms with Crippen LogP contribution in [-0.2, 0) is 39.6 Å². The topological polar surface area (TPSA) is 0 Å². The standard InChI is InChI=1S/C7H6.U.V.W/c1-7-5-3-2-4-6-7;;;/h2-5H,1H2;;;/q-2;;;. The van der Waals surface area contributed by atoms with Gasteiger partial charge >= 0.3 is 0 Å². The Morgan fingerprint density at radius 3 is 2.10 bits per heavy atom. The predicted molar refractivity (Wildman–Crippen MR) is 29.7 cm³/mol. The van der Waals surface area contributed by atoms with Crippen molar-refractivity contribution in [1.82, 2.24) is 0 Å². The summed E-state index contributed by atoms with van der Waals surface area (Å²) < 4.78 is 0. The third kappa shape index (κ3) is 7.52. The molecular formula is C7H6UVW-2. The molecule has 1 rings (SSSR count). The van der Waals surface area contributed by atoms with Crippen molar-refractivity contribution in [2.45, 2.75) is 0 Å². The van der Waals surface area contributed by atoms with Gasteiger partial charge < -0.3 is 18.6 Å². The summed E-state index contributed by atoms with van der Waals surface area (Å²) in [6.45, 7) is 3.66. The Bertz CT molecular complexity index is 144. The van der Waals surface area contributed by atoms with Crippen molar-refractivity contribution in [2.24, 2.45) is 0 Å². The van der Waals surface area contributed by atoms with Gasteiger partial charge in [0, 0.05) is 70.7 Å². The zero-order valence-electron chi connectivity index (χ0n) is 5.37. The minimum absolute atomic E-state index is 0. The van der Waals surface area contributed by atoms with E-state index < -0.39 is 0 Å². The van der Waals surface area contributed by atoms with Crippen LogP contribution in [0.2, 0.25) is 0 Å². The zero-order valence-corrected chi connectivity index (χ0v) is 13.9. The number of rotatable bonds is 0. The molecular weight excluding hydrogens is 557 g/mol. The van der Waals surface area contributed by atoms with Crippen LogP contribution in [0.5, 0.6) is 0 Å². The number of hydrogen-bond acceptors (Lipinski definition) is 0. The zero-order chi connectivity index (χ0) is 5.11. The second-order valence-corrected chi connectivity index (χ2v) is 1.39. The summed E-state index contributed by atoms with van der Waals surface area (Å²) in [5.41, 5.74) is 0.947. The summed E-state index contributed by atoms with van der Waals surface area (Å²) in [5.74, 6) is 0. The van der Waals surface area contributed by atoms with Crippen LogP contribution in [0.15, 0.2) is 24.3 Å². The predicted octanol–water partition coefficient (Wildman–Crippen LogP) is 1.66. The maximum atomic E-state index is 3.66. The Hall–Kier alpha value is 1.41. The fraction of sp³-hybridized carbons (Fsp3) is 0. The average Bonchev–Trinajstić information content (AvgIpc) is 1.69. The molecule has 0 spiro atoms. The molecule has 0 aliphatic heterocycles. The summed E-state index contributed by atoms with van der Waals surface area (Å²) in [5, 5.41) is 0. The summed E-state index contributed by atoms with van der Waals surface area (Å²) >= 11 is 0. The van der Waals surface area contributed by atoms with Crippen LogP contribution in [0.1, 0.15) is 5.56 Å². The molecule has 51 valence electrons. The second kappa shape index (κ2) is 10.4. The van der Waals surface area contributed by atoms with Crippen molar-refractivity contribution in [1.29, 1.82) is 0 Å². The Morgan fingerprint density at radius 1 is 1.30 bits per heavy atom. The molecule has 10 heavy (non-hydrogen) atoms. The van der Waals surface area contributed by atoms with Crippen LogP contribution in [0.4, 0.5) is 0 Å². The first kappa shape index (κ1) is 17.5. The van der Waals surface area contributed by atoms with Crippen molar-refractivity contribution in [2.75, 3.05) is 0 Å². The maximum absolute atomic E-state index is 3.66. The van der Waals surface area contributed by atoms with Crippen LogP contribution in [0, 0.1) is 44.1 Å². The summed E-state index contributed by atoms with van der Waals surface area (Å²) in [7, 11) is 0. The van der Waals surface area contributed by atoms with E-state index in [9.17, 15) is 0 Å². The third-order valence-electron chi connectivity index (χ3n) is 0.773. The molecule has 1 radical (unpaired) electrons. The molecule has 0 atom stereocenters. The van der Waals surface area contributed by atoms with Crippen molar-refractivity contribution in [3.8, 4) is 0 Å². The van der Waals surface area contributed by atoms with E-state index in [2.05, 4.69) is 13.0 Å². The maximum Gasteiger partial charge on any atom is 0 e. The van der Waals surface area contributed by atoms with Crippen molar-refractivity contribution in [3.63, 3.8) is 0 Å². The van der Waals surface area contributed by atoms with Gasteiger partial charge in [-0.3, -0.25) is 6.07 Å². The summed E-state index contributed by atoms with van der Waals surface area (Å²) in [6.07, 6.45) is 0. The Balaban J connectivity index is -0.000000163. The molecule has 0 aliphatic carbocycles. The number of benzene rings is 1. The summed E-state index contributed by atoms with van der Waals surface area (Å²) in [4.78, 5) is 0. The summed E-state index contributed by atoms with van der Waals surface area (Å²) in [6, 6.07) is 10.6. The van der Waals surface area contributed by atoms with Crippen LogP contribution in [0.3, 0.4) is 0 Å². The molecule has 0 bridgehead atoms. The Morgan fingerprint density at radius 2 is 1.90 bits per heavy atom. The van der Waals surface area contributed by atoms with Crippen molar-refractivity contribution >= 4 is 0 Å². The van der Waals surface area contributed by atoms with E-state index in [1.54, 1.807) is 0 Å². The van der Waals surface area contributed by atoms with Gasteiger partial charge in [-0.15, -0.1) is 6.07 Å². The van der Waals surface area contributed by atoms with Crippen LogP contribution in [0.25, 0.3) is 0 Å². The molecule has 0 aromatic heterocycles. The minimum atomic E-state index is 0. The quantitative estimate of drug-likeness (QED) is 0.422. The number of hydrogen-bond donors (Lipinski definition) is 0. The third-order valence-corrected chi connectivity index (χ3v) is 0.773. The van der Waals surface area contributed by atoms with Gasteiger partial charge in [-0.05, 0) is 0 Å². The van der Waals surface area contributed by atoms with E-state index in [0.29, 0.717) is 0 Å². The van der Waals surface area contributed by atoms with E-state index in [0.717, 1.165) is 5.56 Å². The van der Waals surface area contributed by atoms with E-state index in [1.165, 1.54) is 0 Å². The van der Waals surface area contributed by atoms with Crippen molar-refractivity contribution in [3.05, 3.63) is 42.8 Å². The van der Waals surface area contributed by atoms with Crippen LogP contribution >= 0.6 is 0 Å². The normalized spacial score (nSPS) is 6.00. The minimum Gasteiger partial charge on any atom is -0.374 e. The molecule has 0 saturated carbocycles. The molecule has 0 amide bonds.